The van der Waals surface area contributed by atoms with E-state index in [-0.39, 0.29) is 11.6 Å². The lowest BCUT2D eigenvalue weighted by molar-refractivity contribution is -0.384. The van der Waals surface area contributed by atoms with Gasteiger partial charge in [0.25, 0.3) is 11.6 Å². The van der Waals surface area contributed by atoms with Crippen molar-refractivity contribution in [2.24, 2.45) is 0 Å². The first kappa shape index (κ1) is 17.6. The number of non-ortho nitro benzene ring substituents is 1. The van der Waals surface area contributed by atoms with Gasteiger partial charge in [0.05, 0.1) is 4.92 Å². The summed E-state index contributed by atoms with van der Waals surface area (Å²) < 4.78 is 0. The number of anilines is 1. The number of nitro groups is 1. The second kappa shape index (κ2) is 7.37. The number of hydrogen-bond acceptors (Lipinski definition) is 3. The van der Waals surface area contributed by atoms with Crippen LogP contribution in [0.3, 0.4) is 0 Å². The number of aryl methyl sites for hydroxylation is 1. The van der Waals surface area contributed by atoms with Crippen molar-refractivity contribution < 1.29 is 9.72 Å². The fourth-order valence-corrected chi connectivity index (χ4v) is 2.64. The highest BCUT2D eigenvalue weighted by atomic mass is 35.5. The van der Waals surface area contributed by atoms with Crippen molar-refractivity contribution in [1.29, 1.82) is 0 Å². The van der Waals surface area contributed by atoms with Gasteiger partial charge in [-0.25, -0.2) is 0 Å². The minimum Gasteiger partial charge on any atom is -0.322 e. The standard InChI is InChI=1S/C20H15ClN2O3/c1-13-2-3-16(12-19(13)21)20(24)22-17-8-4-14(5-9-17)15-6-10-18(11-7-15)23(25)26/h2-12H,1H3,(H,22,24). The van der Waals surface area contributed by atoms with Crippen LogP contribution in [-0.4, -0.2) is 10.8 Å². The van der Waals surface area contributed by atoms with Crippen LogP contribution >= 0.6 is 11.6 Å². The number of nitrogens with zero attached hydrogens (tertiary/aromatic N) is 1. The quantitative estimate of drug-likeness (QED) is 0.491. The van der Waals surface area contributed by atoms with Crippen LogP contribution in [0, 0.1) is 17.0 Å². The Balaban J connectivity index is 1.73. The first-order chi connectivity index (χ1) is 12.4. The summed E-state index contributed by atoms with van der Waals surface area (Å²) in [6.07, 6.45) is 0. The van der Waals surface area contributed by atoms with Gasteiger partial charge < -0.3 is 5.32 Å². The molecule has 0 aliphatic rings. The van der Waals surface area contributed by atoms with Crippen LogP contribution in [0.2, 0.25) is 5.02 Å². The van der Waals surface area contributed by atoms with Crippen molar-refractivity contribution in [3.63, 3.8) is 0 Å². The van der Waals surface area contributed by atoms with Gasteiger partial charge in [0.2, 0.25) is 0 Å². The molecule has 26 heavy (non-hydrogen) atoms. The summed E-state index contributed by atoms with van der Waals surface area (Å²) in [5, 5.41) is 14.1. The Labute approximate surface area is 155 Å². The lowest BCUT2D eigenvalue weighted by Gasteiger charge is -2.08. The third-order valence-corrected chi connectivity index (χ3v) is 4.40. The zero-order valence-corrected chi connectivity index (χ0v) is 14.7. The van der Waals surface area contributed by atoms with Crippen molar-refractivity contribution in [3.05, 3.63) is 93.0 Å². The molecule has 0 spiro atoms. The molecule has 0 aliphatic heterocycles. The largest absolute Gasteiger partial charge is 0.322 e. The van der Waals surface area contributed by atoms with Crippen LogP contribution in [0.1, 0.15) is 15.9 Å². The first-order valence-corrected chi connectivity index (χ1v) is 8.24. The minimum absolute atomic E-state index is 0.0504. The molecular formula is C20H15ClN2O3. The highest BCUT2D eigenvalue weighted by Gasteiger charge is 2.09. The van der Waals surface area contributed by atoms with E-state index in [1.165, 1.54) is 12.1 Å². The Bertz CT molecular complexity index is 967. The van der Waals surface area contributed by atoms with Crippen molar-refractivity contribution in [2.45, 2.75) is 6.92 Å². The molecule has 0 saturated carbocycles. The van der Waals surface area contributed by atoms with E-state index in [1.54, 1.807) is 42.5 Å². The van der Waals surface area contributed by atoms with Crippen LogP contribution in [0.4, 0.5) is 11.4 Å². The molecular weight excluding hydrogens is 352 g/mol. The second-order valence-corrected chi connectivity index (χ2v) is 6.21. The van der Waals surface area contributed by atoms with E-state index in [2.05, 4.69) is 5.32 Å². The number of carbonyl (C=O) groups excluding carboxylic acids is 1. The molecule has 3 aromatic rings. The Kier molecular flexibility index (Phi) is 5.00. The third-order valence-electron chi connectivity index (χ3n) is 3.99. The molecule has 1 amide bonds. The lowest BCUT2D eigenvalue weighted by atomic mass is 10.0. The number of amides is 1. The minimum atomic E-state index is -0.431. The first-order valence-electron chi connectivity index (χ1n) is 7.86. The number of rotatable bonds is 4. The van der Waals surface area contributed by atoms with Gasteiger partial charge in [-0.1, -0.05) is 29.8 Å². The van der Waals surface area contributed by atoms with Crippen molar-refractivity contribution in [3.8, 4) is 11.1 Å². The summed E-state index contributed by atoms with van der Waals surface area (Å²) in [5.74, 6) is -0.241. The maximum Gasteiger partial charge on any atom is 0.269 e. The maximum absolute atomic E-state index is 12.3. The van der Waals surface area contributed by atoms with E-state index >= 15 is 0 Å². The lowest BCUT2D eigenvalue weighted by Crippen LogP contribution is -2.11. The van der Waals surface area contributed by atoms with Gasteiger partial charge in [-0.05, 0) is 60.0 Å². The molecule has 3 aromatic carbocycles. The molecule has 0 unspecified atom stereocenters. The van der Waals surface area contributed by atoms with Crippen molar-refractivity contribution in [1.82, 2.24) is 0 Å². The molecule has 0 radical (unpaired) electrons. The Hall–Kier alpha value is -3.18. The number of hydrogen-bond donors (Lipinski definition) is 1. The molecule has 0 bridgehead atoms. The third kappa shape index (κ3) is 3.90. The molecule has 1 N–H and O–H groups in total. The van der Waals surface area contributed by atoms with Crippen LogP contribution in [0.25, 0.3) is 11.1 Å². The summed E-state index contributed by atoms with van der Waals surface area (Å²) in [5.41, 5.74) is 3.86. The summed E-state index contributed by atoms with van der Waals surface area (Å²) in [7, 11) is 0. The van der Waals surface area contributed by atoms with Crippen LogP contribution in [0.15, 0.2) is 66.7 Å². The number of carbonyl (C=O) groups is 1. The number of nitrogens with one attached hydrogen (secondary N) is 1. The second-order valence-electron chi connectivity index (χ2n) is 5.80. The predicted octanol–water partition coefficient (Wildman–Crippen LogP) is 5.48. The topological polar surface area (TPSA) is 72.2 Å². The van der Waals surface area contributed by atoms with E-state index in [4.69, 9.17) is 11.6 Å². The van der Waals surface area contributed by atoms with Gasteiger partial charge in [0.1, 0.15) is 0 Å². The van der Waals surface area contributed by atoms with Crippen molar-refractivity contribution in [2.75, 3.05) is 5.32 Å². The summed E-state index contributed by atoms with van der Waals surface area (Å²) in [4.78, 5) is 22.6. The normalized spacial score (nSPS) is 10.4. The molecule has 0 aliphatic carbocycles. The van der Waals surface area contributed by atoms with E-state index in [1.807, 2.05) is 19.1 Å². The van der Waals surface area contributed by atoms with Crippen LogP contribution in [0.5, 0.6) is 0 Å². The van der Waals surface area contributed by atoms with Crippen LogP contribution in [-0.2, 0) is 0 Å². The van der Waals surface area contributed by atoms with Crippen LogP contribution < -0.4 is 5.32 Å². The average Bonchev–Trinajstić information content (AvgIpc) is 2.64. The molecule has 0 aromatic heterocycles. The molecule has 130 valence electrons. The predicted molar refractivity (Wildman–Crippen MR) is 103 cm³/mol. The fourth-order valence-electron chi connectivity index (χ4n) is 2.46. The zero-order valence-electron chi connectivity index (χ0n) is 13.9. The van der Waals surface area contributed by atoms with Gasteiger partial charge in [-0.3, -0.25) is 14.9 Å². The summed E-state index contributed by atoms with van der Waals surface area (Å²) >= 11 is 6.06. The van der Waals surface area contributed by atoms with Crippen molar-refractivity contribution >= 4 is 28.9 Å². The van der Waals surface area contributed by atoms with Gasteiger partial charge in [-0.2, -0.15) is 0 Å². The Morgan fingerprint density at radius 2 is 1.54 bits per heavy atom. The molecule has 0 saturated heterocycles. The number of nitro benzene ring substituents is 1. The van der Waals surface area contributed by atoms with Gasteiger partial charge in [0.15, 0.2) is 0 Å². The summed E-state index contributed by atoms with van der Waals surface area (Å²) in [6.45, 7) is 1.88. The molecule has 0 fully saturated rings. The Morgan fingerprint density at radius 1 is 0.962 bits per heavy atom. The highest BCUT2D eigenvalue weighted by Crippen LogP contribution is 2.24. The molecule has 0 atom stereocenters. The number of halogens is 1. The highest BCUT2D eigenvalue weighted by molar-refractivity contribution is 6.31. The smallest absolute Gasteiger partial charge is 0.269 e. The average molecular weight is 367 g/mol. The Morgan fingerprint density at radius 3 is 2.08 bits per heavy atom. The molecule has 5 nitrogen and oxygen atoms in total. The SMILES string of the molecule is Cc1ccc(C(=O)Nc2ccc(-c3ccc([N+](=O)[O-])cc3)cc2)cc1Cl. The van der Waals surface area contributed by atoms with E-state index < -0.39 is 4.92 Å². The fraction of sp³-hybridized carbons (Fsp3) is 0.0500. The zero-order chi connectivity index (χ0) is 18.7. The van der Waals surface area contributed by atoms with E-state index in [9.17, 15) is 14.9 Å². The maximum atomic E-state index is 12.3. The summed E-state index contributed by atoms with van der Waals surface area (Å²) in [6, 6.07) is 18.7. The number of benzene rings is 3. The molecule has 0 heterocycles. The van der Waals surface area contributed by atoms with Gasteiger partial charge in [0, 0.05) is 28.4 Å². The molecule has 3 rings (SSSR count). The van der Waals surface area contributed by atoms with E-state index in [0.29, 0.717) is 16.3 Å². The van der Waals surface area contributed by atoms with Gasteiger partial charge in [-0.15, -0.1) is 0 Å². The van der Waals surface area contributed by atoms with Gasteiger partial charge >= 0.3 is 0 Å². The monoisotopic (exact) mass is 366 g/mol. The van der Waals surface area contributed by atoms with E-state index in [0.717, 1.165) is 16.7 Å². The molecule has 6 heteroatoms.